The van der Waals surface area contributed by atoms with Crippen LogP contribution in [-0.4, -0.2) is 31.7 Å². The fourth-order valence-electron chi connectivity index (χ4n) is 3.80. The number of halogens is 1. The summed E-state index contributed by atoms with van der Waals surface area (Å²) in [6, 6.07) is 20.6. The first-order valence-electron chi connectivity index (χ1n) is 10.3. The Morgan fingerprint density at radius 2 is 1.53 bits per heavy atom. The molecule has 1 amide bonds. The minimum absolute atomic E-state index is 0.197. The smallest absolute Gasteiger partial charge is 0.244 e. The minimum atomic E-state index is -3.89. The molecule has 32 heavy (non-hydrogen) atoms. The maximum absolute atomic E-state index is 13.7. The lowest BCUT2D eigenvalue weighted by molar-refractivity contribution is -0.116. The van der Waals surface area contributed by atoms with Crippen molar-refractivity contribution in [1.29, 1.82) is 0 Å². The third kappa shape index (κ3) is 5.85. The van der Waals surface area contributed by atoms with Gasteiger partial charge in [-0.05, 0) is 71.9 Å². The van der Waals surface area contributed by atoms with Gasteiger partial charge in [-0.2, -0.15) is 4.31 Å². The molecule has 0 atom stereocenters. The number of sulfonamides is 1. The normalized spacial score (nSPS) is 11.5. The van der Waals surface area contributed by atoms with E-state index in [4.69, 9.17) is 0 Å². The summed E-state index contributed by atoms with van der Waals surface area (Å²) in [6.07, 6.45) is 0.506. The van der Waals surface area contributed by atoms with E-state index in [1.807, 2.05) is 67.6 Å². The van der Waals surface area contributed by atoms with Crippen molar-refractivity contribution in [2.75, 3.05) is 18.4 Å². The van der Waals surface area contributed by atoms with Crippen LogP contribution in [-0.2, 0) is 21.2 Å². The van der Waals surface area contributed by atoms with Crippen LogP contribution < -0.4 is 5.32 Å². The zero-order chi connectivity index (χ0) is 23.3. The van der Waals surface area contributed by atoms with Crippen LogP contribution in [0.15, 0.2) is 76.1 Å². The third-order valence-electron chi connectivity index (χ3n) is 5.16. The molecule has 0 aliphatic rings. The highest BCUT2D eigenvalue weighted by molar-refractivity contribution is 9.10. The van der Waals surface area contributed by atoms with Crippen molar-refractivity contribution < 1.29 is 13.2 Å². The van der Waals surface area contributed by atoms with Crippen molar-refractivity contribution in [2.45, 2.75) is 32.1 Å². The highest BCUT2D eigenvalue weighted by atomic mass is 79.9. The Balaban J connectivity index is 1.91. The van der Waals surface area contributed by atoms with Crippen LogP contribution in [0.1, 0.15) is 22.3 Å². The molecule has 0 unspecified atom stereocenters. The lowest BCUT2D eigenvalue weighted by Crippen LogP contribution is -2.40. The molecular weight excluding hydrogens is 488 g/mol. The van der Waals surface area contributed by atoms with Gasteiger partial charge in [-0.3, -0.25) is 4.79 Å². The Kier molecular flexibility index (Phi) is 7.87. The van der Waals surface area contributed by atoms with Crippen LogP contribution in [0.25, 0.3) is 0 Å². The number of amides is 1. The molecular formula is C25H27BrN2O3S. The summed E-state index contributed by atoms with van der Waals surface area (Å²) < 4.78 is 29.4. The summed E-state index contributed by atoms with van der Waals surface area (Å²) in [7, 11) is -3.89. The number of para-hydroxylation sites is 1. The Hall–Kier alpha value is -2.48. The van der Waals surface area contributed by atoms with Gasteiger partial charge in [0.1, 0.15) is 0 Å². The first-order valence-corrected chi connectivity index (χ1v) is 12.6. The predicted octanol–water partition coefficient (Wildman–Crippen LogP) is 5.25. The van der Waals surface area contributed by atoms with E-state index in [0.29, 0.717) is 23.2 Å². The molecule has 3 rings (SSSR count). The van der Waals surface area contributed by atoms with Crippen molar-refractivity contribution in [1.82, 2.24) is 4.31 Å². The molecule has 0 aliphatic carbocycles. The Bertz CT molecular complexity index is 1190. The molecule has 7 heteroatoms. The lowest BCUT2D eigenvalue weighted by atomic mass is 10.1. The van der Waals surface area contributed by atoms with Crippen molar-refractivity contribution in [2.24, 2.45) is 0 Å². The van der Waals surface area contributed by atoms with E-state index in [0.717, 1.165) is 15.6 Å². The molecule has 0 fully saturated rings. The zero-order valence-electron chi connectivity index (χ0n) is 18.4. The number of aryl methyl sites for hydroxylation is 3. The van der Waals surface area contributed by atoms with Gasteiger partial charge in [0.25, 0.3) is 0 Å². The molecule has 3 aromatic carbocycles. The number of hydrogen-bond acceptors (Lipinski definition) is 3. The molecule has 1 N–H and O–H groups in total. The monoisotopic (exact) mass is 514 g/mol. The maximum atomic E-state index is 13.7. The number of nitrogens with one attached hydrogen (secondary N) is 1. The second-order valence-corrected chi connectivity index (χ2v) is 10.6. The molecule has 3 aromatic rings. The second-order valence-electron chi connectivity index (χ2n) is 7.83. The van der Waals surface area contributed by atoms with Crippen molar-refractivity contribution in [3.8, 4) is 0 Å². The van der Waals surface area contributed by atoms with Crippen LogP contribution in [0.2, 0.25) is 0 Å². The zero-order valence-corrected chi connectivity index (χ0v) is 20.8. The van der Waals surface area contributed by atoms with Gasteiger partial charge >= 0.3 is 0 Å². The number of anilines is 1. The highest BCUT2D eigenvalue weighted by Crippen LogP contribution is 2.26. The summed E-state index contributed by atoms with van der Waals surface area (Å²) in [5, 5.41) is 2.81. The number of hydrogen-bond donors (Lipinski definition) is 1. The van der Waals surface area contributed by atoms with Gasteiger partial charge in [0.05, 0.1) is 17.1 Å². The van der Waals surface area contributed by atoms with Gasteiger partial charge in [-0.15, -0.1) is 0 Å². The number of benzene rings is 3. The van der Waals surface area contributed by atoms with Gasteiger partial charge in [0.2, 0.25) is 15.9 Å². The van der Waals surface area contributed by atoms with Crippen molar-refractivity contribution >= 4 is 37.5 Å². The first-order chi connectivity index (χ1) is 15.2. The highest BCUT2D eigenvalue weighted by Gasteiger charge is 2.29. The van der Waals surface area contributed by atoms with E-state index in [9.17, 15) is 13.2 Å². The summed E-state index contributed by atoms with van der Waals surface area (Å²) >= 11 is 3.41. The SMILES string of the molecule is Cc1cc(C)c(S(=O)(=O)N(CCc2ccccc2)CC(=O)Nc2ccccc2Br)c(C)c1. The van der Waals surface area contributed by atoms with E-state index in [1.165, 1.54) is 4.31 Å². The second kappa shape index (κ2) is 10.4. The van der Waals surface area contributed by atoms with E-state index in [-0.39, 0.29) is 18.0 Å². The maximum Gasteiger partial charge on any atom is 0.244 e. The average Bonchev–Trinajstić information content (AvgIpc) is 2.72. The molecule has 0 spiro atoms. The molecule has 168 valence electrons. The Morgan fingerprint density at radius 3 is 2.16 bits per heavy atom. The molecule has 0 heterocycles. The fourth-order valence-corrected chi connectivity index (χ4v) is 5.99. The fraction of sp³-hybridized carbons (Fsp3) is 0.240. The molecule has 0 aromatic heterocycles. The minimum Gasteiger partial charge on any atom is -0.324 e. The van der Waals surface area contributed by atoms with Crippen molar-refractivity contribution in [3.63, 3.8) is 0 Å². The topological polar surface area (TPSA) is 66.5 Å². The third-order valence-corrected chi connectivity index (χ3v) is 8.01. The molecule has 0 aliphatic heterocycles. The van der Waals surface area contributed by atoms with Crippen LogP contribution in [0, 0.1) is 20.8 Å². The van der Waals surface area contributed by atoms with Crippen LogP contribution in [0.5, 0.6) is 0 Å². The van der Waals surface area contributed by atoms with E-state index in [2.05, 4.69) is 21.2 Å². The van der Waals surface area contributed by atoms with Crippen LogP contribution in [0.3, 0.4) is 0 Å². The number of nitrogens with zero attached hydrogens (tertiary/aromatic N) is 1. The summed E-state index contributed by atoms with van der Waals surface area (Å²) in [5.74, 6) is -0.393. The van der Waals surface area contributed by atoms with Gasteiger partial charge in [-0.25, -0.2) is 8.42 Å². The van der Waals surface area contributed by atoms with Crippen LogP contribution >= 0.6 is 15.9 Å². The predicted molar refractivity (Wildman–Crippen MR) is 132 cm³/mol. The van der Waals surface area contributed by atoms with Crippen LogP contribution in [0.4, 0.5) is 5.69 Å². The standard InChI is InChI=1S/C25H27BrN2O3S/c1-18-15-19(2)25(20(3)16-18)32(30,31)28(14-13-21-9-5-4-6-10-21)17-24(29)27-23-12-8-7-11-22(23)26/h4-12,15-16H,13-14,17H2,1-3H3,(H,27,29). The summed E-state index contributed by atoms with van der Waals surface area (Å²) in [5.41, 5.74) is 3.97. The first kappa shape index (κ1) is 24.2. The van der Waals surface area contributed by atoms with E-state index in [1.54, 1.807) is 19.9 Å². The Labute approximate surface area is 198 Å². The molecule has 0 radical (unpaired) electrons. The van der Waals surface area contributed by atoms with Gasteiger partial charge in [0.15, 0.2) is 0 Å². The lowest BCUT2D eigenvalue weighted by Gasteiger charge is -2.24. The van der Waals surface area contributed by atoms with Gasteiger partial charge in [-0.1, -0.05) is 60.2 Å². The largest absolute Gasteiger partial charge is 0.324 e. The Morgan fingerprint density at radius 1 is 0.938 bits per heavy atom. The van der Waals surface area contributed by atoms with Gasteiger partial charge < -0.3 is 5.32 Å². The molecule has 0 saturated heterocycles. The summed E-state index contributed by atoms with van der Waals surface area (Å²) in [4.78, 5) is 13.1. The number of rotatable bonds is 8. The quantitative estimate of drug-likeness (QED) is 0.446. The molecule has 5 nitrogen and oxygen atoms in total. The molecule has 0 bridgehead atoms. The van der Waals surface area contributed by atoms with Crippen molar-refractivity contribution in [3.05, 3.63) is 93.5 Å². The van der Waals surface area contributed by atoms with Gasteiger partial charge in [0, 0.05) is 11.0 Å². The number of carbonyl (C=O) groups excluding carboxylic acids is 1. The summed E-state index contributed by atoms with van der Waals surface area (Å²) in [6.45, 7) is 5.45. The van der Waals surface area contributed by atoms with E-state index < -0.39 is 15.9 Å². The molecule has 0 saturated carbocycles. The average molecular weight is 515 g/mol. The van der Waals surface area contributed by atoms with E-state index >= 15 is 0 Å². The number of carbonyl (C=O) groups is 1.